The number of carbonyl (C=O) groups is 1. The number of nitrogens with one attached hydrogen (secondary N) is 1. The lowest BCUT2D eigenvalue weighted by atomic mass is 10.1. The molecule has 1 unspecified atom stereocenters. The third-order valence-corrected chi connectivity index (χ3v) is 3.13. The second kappa shape index (κ2) is 8.75. The highest BCUT2D eigenvalue weighted by molar-refractivity contribution is 5.99. The van der Waals surface area contributed by atoms with Gasteiger partial charge in [0.25, 0.3) is 0 Å². The van der Waals surface area contributed by atoms with E-state index in [0.717, 1.165) is 24.3 Å². The van der Waals surface area contributed by atoms with Crippen LogP contribution in [0.2, 0.25) is 0 Å². The largest absolute Gasteiger partial charge is 0.491 e. The summed E-state index contributed by atoms with van der Waals surface area (Å²) in [6.07, 6.45) is 3.67. The quantitative estimate of drug-likeness (QED) is 0.551. The third kappa shape index (κ3) is 5.74. The van der Waals surface area contributed by atoms with Crippen LogP contribution in [-0.4, -0.2) is 24.5 Å². The molecule has 112 valence electrons. The Morgan fingerprint density at radius 2 is 1.80 bits per heavy atom. The molecule has 0 aromatic heterocycles. The van der Waals surface area contributed by atoms with Crippen LogP contribution in [0.3, 0.4) is 0 Å². The molecule has 0 aliphatic heterocycles. The highest BCUT2D eigenvalue weighted by atomic mass is 16.5. The maximum absolute atomic E-state index is 12.2. The number of rotatable bonds is 9. The van der Waals surface area contributed by atoms with Crippen molar-refractivity contribution in [2.45, 2.75) is 59.1 Å². The zero-order valence-corrected chi connectivity index (χ0v) is 13.1. The number of Topliss-reactive ketones (excluding diaryl/α,β-unsaturated/α-hetero) is 1. The van der Waals surface area contributed by atoms with E-state index >= 15 is 0 Å². The Morgan fingerprint density at radius 1 is 1.15 bits per heavy atom. The average molecular weight is 277 g/mol. The van der Waals surface area contributed by atoms with Crippen molar-refractivity contribution in [2.75, 3.05) is 6.54 Å². The molecule has 0 amide bonds. The number of ether oxygens (including phenoxy) is 1. The van der Waals surface area contributed by atoms with Gasteiger partial charge in [-0.1, -0.05) is 19.8 Å². The van der Waals surface area contributed by atoms with Crippen molar-refractivity contribution in [2.24, 2.45) is 0 Å². The van der Waals surface area contributed by atoms with E-state index in [2.05, 4.69) is 12.2 Å². The van der Waals surface area contributed by atoms with Gasteiger partial charge in [-0.2, -0.15) is 0 Å². The molecule has 0 saturated heterocycles. The van der Waals surface area contributed by atoms with Crippen LogP contribution in [0.4, 0.5) is 0 Å². The molecule has 0 aliphatic rings. The average Bonchev–Trinajstić information content (AvgIpc) is 2.43. The van der Waals surface area contributed by atoms with Crippen molar-refractivity contribution < 1.29 is 9.53 Å². The zero-order valence-electron chi connectivity index (χ0n) is 13.1. The van der Waals surface area contributed by atoms with Crippen LogP contribution in [0, 0.1) is 0 Å². The van der Waals surface area contributed by atoms with E-state index in [1.165, 1.54) is 12.8 Å². The fourth-order valence-electron chi connectivity index (χ4n) is 2.01. The number of hydrogen-bond acceptors (Lipinski definition) is 3. The number of hydrogen-bond donors (Lipinski definition) is 1. The standard InChI is InChI=1S/C17H27NO2/c1-5-6-7-12-18-14(4)17(19)15-8-10-16(11-9-15)20-13(2)3/h8-11,13-14,18H,5-7,12H2,1-4H3. The first-order chi connectivity index (χ1) is 9.54. The van der Waals surface area contributed by atoms with Crippen LogP contribution in [0.15, 0.2) is 24.3 Å². The second-order valence-corrected chi connectivity index (χ2v) is 5.44. The molecule has 20 heavy (non-hydrogen) atoms. The van der Waals surface area contributed by atoms with Crippen molar-refractivity contribution in [3.05, 3.63) is 29.8 Å². The number of ketones is 1. The van der Waals surface area contributed by atoms with E-state index in [-0.39, 0.29) is 17.9 Å². The molecule has 0 bridgehead atoms. The molecule has 3 heteroatoms. The molecule has 1 aromatic rings. The number of unbranched alkanes of at least 4 members (excludes halogenated alkanes) is 2. The summed E-state index contributed by atoms with van der Waals surface area (Å²) < 4.78 is 5.57. The van der Waals surface area contributed by atoms with Crippen LogP contribution in [0.25, 0.3) is 0 Å². The molecule has 0 fully saturated rings. The van der Waals surface area contributed by atoms with E-state index in [1.54, 1.807) is 0 Å². The van der Waals surface area contributed by atoms with Gasteiger partial charge in [-0.3, -0.25) is 4.79 Å². The molecular weight excluding hydrogens is 250 g/mol. The molecule has 0 aliphatic carbocycles. The Labute approximate surface area is 122 Å². The summed E-state index contributed by atoms with van der Waals surface area (Å²) in [5.41, 5.74) is 0.733. The van der Waals surface area contributed by atoms with Crippen molar-refractivity contribution >= 4 is 5.78 Å². The van der Waals surface area contributed by atoms with Crippen LogP contribution < -0.4 is 10.1 Å². The Kier molecular flexibility index (Phi) is 7.31. The highest BCUT2D eigenvalue weighted by Gasteiger charge is 2.14. The van der Waals surface area contributed by atoms with E-state index < -0.39 is 0 Å². The van der Waals surface area contributed by atoms with Crippen LogP contribution in [0.1, 0.15) is 57.3 Å². The lowest BCUT2D eigenvalue weighted by Gasteiger charge is -2.14. The van der Waals surface area contributed by atoms with Gasteiger partial charge in [0.05, 0.1) is 12.1 Å². The molecule has 3 nitrogen and oxygen atoms in total. The van der Waals surface area contributed by atoms with Crippen molar-refractivity contribution in [1.29, 1.82) is 0 Å². The van der Waals surface area contributed by atoms with Gasteiger partial charge in [-0.25, -0.2) is 0 Å². The van der Waals surface area contributed by atoms with Gasteiger partial charge in [0.15, 0.2) is 5.78 Å². The van der Waals surface area contributed by atoms with Gasteiger partial charge in [0, 0.05) is 5.56 Å². The molecule has 0 spiro atoms. The smallest absolute Gasteiger partial charge is 0.179 e. The normalized spacial score (nSPS) is 12.4. The van der Waals surface area contributed by atoms with Gasteiger partial charge in [0.2, 0.25) is 0 Å². The Bertz CT molecular complexity index is 398. The third-order valence-electron chi connectivity index (χ3n) is 3.13. The molecule has 0 saturated carbocycles. The first-order valence-corrected chi connectivity index (χ1v) is 7.59. The highest BCUT2D eigenvalue weighted by Crippen LogP contribution is 2.15. The Balaban J connectivity index is 2.49. The lowest BCUT2D eigenvalue weighted by Crippen LogP contribution is -2.34. The first-order valence-electron chi connectivity index (χ1n) is 7.59. The molecule has 1 N–H and O–H groups in total. The van der Waals surface area contributed by atoms with Crippen molar-refractivity contribution in [3.63, 3.8) is 0 Å². The molecule has 1 rings (SSSR count). The minimum absolute atomic E-state index is 0.135. The zero-order chi connectivity index (χ0) is 15.0. The maximum atomic E-state index is 12.2. The monoisotopic (exact) mass is 277 g/mol. The van der Waals surface area contributed by atoms with Gasteiger partial charge in [-0.15, -0.1) is 0 Å². The molecule has 0 radical (unpaired) electrons. The van der Waals surface area contributed by atoms with Gasteiger partial charge in [-0.05, 0) is 58.0 Å². The minimum atomic E-state index is -0.135. The summed E-state index contributed by atoms with van der Waals surface area (Å²) in [4.78, 5) is 12.2. The van der Waals surface area contributed by atoms with Crippen LogP contribution >= 0.6 is 0 Å². The summed E-state index contributed by atoms with van der Waals surface area (Å²) in [6, 6.07) is 7.26. The molecule has 1 atom stereocenters. The Hall–Kier alpha value is -1.35. The minimum Gasteiger partial charge on any atom is -0.491 e. The second-order valence-electron chi connectivity index (χ2n) is 5.44. The van der Waals surface area contributed by atoms with Crippen LogP contribution in [-0.2, 0) is 0 Å². The lowest BCUT2D eigenvalue weighted by molar-refractivity contribution is 0.0951. The van der Waals surface area contributed by atoms with E-state index in [1.807, 2.05) is 45.0 Å². The van der Waals surface area contributed by atoms with Crippen LogP contribution in [0.5, 0.6) is 5.75 Å². The predicted molar refractivity (Wildman–Crippen MR) is 83.5 cm³/mol. The molecule has 0 heterocycles. The summed E-state index contributed by atoms with van der Waals surface area (Å²) in [6.45, 7) is 8.97. The Morgan fingerprint density at radius 3 is 2.35 bits per heavy atom. The summed E-state index contributed by atoms with van der Waals surface area (Å²) in [7, 11) is 0. The maximum Gasteiger partial charge on any atom is 0.179 e. The van der Waals surface area contributed by atoms with E-state index in [4.69, 9.17) is 4.74 Å². The summed E-state index contributed by atoms with van der Waals surface area (Å²) in [5.74, 6) is 0.942. The number of benzene rings is 1. The van der Waals surface area contributed by atoms with Crippen molar-refractivity contribution in [1.82, 2.24) is 5.32 Å². The van der Waals surface area contributed by atoms with Gasteiger partial charge in [0.1, 0.15) is 5.75 Å². The topological polar surface area (TPSA) is 38.3 Å². The van der Waals surface area contributed by atoms with Gasteiger partial charge >= 0.3 is 0 Å². The van der Waals surface area contributed by atoms with E-state index in [9.17, 15) is 4.79 Å². The first kappa shape index (κ1) is 16.7. The van der Waals surface area contributed by atoms with Gasteiger partial charge < -0.3 is 10.1 Å². The summed E-state index contributed by atoms with van der Waals surface area (Å²) in [5, 5.41) is 3.28. The fraction of sp³-hybridized carbons (Fsp3) is 0.588. The fourth-order valence-corrected chi connectivity index (χ4v) is 2.01. The summed E-state index contributed by atoms with van der Waals surface area (Å²) >= 11 is 0. The number of carbonyl (C=O) groups excluding carboxylic acids is 1. The molecular formula is C17H27NO2. The predicted octanol–water partition coefficient (Wildman–Crippen LogP) is 3.82. The van der Waals surface area contributed by atoms with E-state index in [0.29, 0.717) is 0 Å². The SMILES string of the molecule is CCCCCNC(C)C(=O)c1ccc(OC(C)C)cc1. The van der Waals surface area contributed by atoms with Crippen molar-refractivity contribution in [3.8, 4) is 5.75 Å². The molecule has 1 aromatic carbocycles.